The maximum Gasteiger partial charge on any atom is 0.269 e. The van der Waals surface area contributed by atoms with Gasteiger partial charge in [-0.05, 0) is 17.7 Å². The van der Waals surface area contributed by atoms with Crippen LogP contribution in [0.5, 0.6) is 0 Å². The molecule has 2 aromatic carbocycles. The van der Waals surface area contributed by atoms with E-state index < -0.39 is 15.7 Å². The first kappa shape index (κ1) is 14.5. The van der Waals surface area contributed by atoms with Crippen molar-refractivity contribution in [2.45, 2.75) is 10.6 Å². The minimum Gasteiger partial charge on any atom is -0.398 e. The van der Waals surface area contributed by atoms with Gasteiger partial charge in [0.15, 0.2) is 0 Å². The summed E-state index contributed by atoms with van der Waals surface area (Å²) in [7, 11) is -1.40. The number of nitro groups is 1. The monoisotopic (exact) mass is 310 g/mol. The van der Waals surface area contributed by atoms with Gasteiger partial charge in [-0.25, -0.2) is 0 Å². The molecule has 1 atom stereocenters. The summed E-state index contributed by atoms with van der Waals surface area (Å²) in [6, 6.07) is 10.8. The van der Waals surface area contributed by atoms with E-state index in [1.54, 1.807) is 30.3 Å². The van der Waals surface area contributed by atoms with Gasteiger partial charge in [0.2, 0.25) is 0 Å². The SMILES string of the molecule is Nc1cccc(Cl)c1S(=O)Cc1ccc([N+](=O)[O-])cc1. The minimum absolute atomic E-state index is 0.00297. The molecule has 0 aliphatic heterocycles. The van der Waals surface area contributed by atoms with Crippen molar-refractivity contribution in [1.82, 2.24) is 0 Å². The van der Waals surface area contributed by atoms with Crippen molar-refractivity contribution in [1.29, 1.82) is 0 Å². The van der Waals surface area contributed by atoms with E-state index in [0.29, 0.717) is 21.2 Å². The van der Waals surface area contributed by atoms with E-state index >= 15 is 0 Å². The molecule has 0 amide bonds. The Hall–Kier alpha value is -1.92. The zero-order valence-electron chi connectivity index (χ0n) is 10.3. The van der Waals surface area contributed by atoms with Crippen LogP contribution in [0.15, 0.2) is 47.4 Å². The van der Waals surface area contributed by atoms with E-state index in [2.05, 4.69) is 0 Å². The molecule has 0 saturated heterocycles. The molecule has 0 aliphatic carbocycles. The molecule has 0 fully saturated rings. The molecule has 0 aliphatic rings. The largest absolute Gasteiger partial charge is 0.398 e. The molecular formula is C13H11ClN2O3S. The molecule has 0 radical (unpaired) electrons. The molecule has 0 aromatic heterocycles. The highest BCUT2D eigenvalue weighted by Gasteiger charge is 2.13. The first-order chi connectivity index (χ1) is 9.49. The van der Waals surface area contributed by atoms with E-state index in [4.69, 9.17) is 17.3 Å². The second kappa shape index (κ2) is 6.02. The molecule has 104 valence electrons. The number of nitrogens with zero attached hydrogens (tertiary/aromatic N) is 1. The zero-order chi connectivity index (χ0) is 14.7. The summed E-state index contributed by atoms with van der Waals surface area (Å²) in [5.41, 5.74) is 6.86. The number of nitrogen functional groups attached to an aromatic ring is 1. The fourth-order valence-electron chi connectivity index (χ4n) is 1.70. The second-order valence-electron chi connectivity index (χ2n) is 4.07. The fraction of sp³-hybridized carbons (Fsp3) is 0.0769. The molecule has 2 aromatic rings. The third kappa shape index (κ3) is 3.15. The van der Waals surface area contributed by atoms with Crippen LogP contribution >= 0.6 is 11.6 Å². The van der Waals surface area contributed by atoms with Crippen molar-refractivity contribution in [3.05, 3.63) is 63.2 Å². The first-order valence-electron chi connectivity index (χ1n) is 5.64. The topological polar surface area (TPSA) is 86.2 Å². The molecule has 2 rings (SSSR count). The van der Waals surface area contributed by atoms with Gasteiger partial charge in [0.25, 0.3) is 5.69 Å². The smallest absolute Gasteiger partial charge is 0.269 e. The number of benzene rings is 2. The van der Waals surface area contributed by atoms with Crippen molar-refractivity contribution in [2.24, 2.45) is 0 Å². The third-order valence-corrected chi connectivity index (χ3v) is 4.60. The maximum atomic E-state index is 12.3. The lowest BCUT2D eigenvalue weighted by Gasteiger charge is -2.07. The number of halogens is 1. The average Bonchev–Trinajstić information content (AvgIpc) is 2.39. The van der Waals surface area contributed by atoms with Crippen LogP contribution in [0.1, 0.15) is 5.56 Å². The van der Waals surface area contributed by atoms with Gasteiger partial charge in [-0.15, -0.1) is 0 Å². The lowest BCUT2D eigenvalue weighted by Crippen LogP contribution is -2.02. The van der Waals surface area contributed by atoms with Crippen LogP contribution in [0.3, 0.4) is 0 Å². The second-order valence-corrected chi connectivity index (χ2v) is 5.87. The average molecular weight is 311 g/mol. The number of hydrogen-bond donors (Lipinski definition) is 1. The Morgan fingerprint density at radius 2 is 1.85 bits per heavy atom. The minimum atomic E-state index is -1.40. The summed E-state index contributed by atoms with van der Waals surface area (Å²) in [6.45, 7) is 0. The van der Waals surface area contributed by atoms with Crippen LogP contribution in [0.4, 0.5) is 11.4 Å². The first-order valence-corrected chi connectivity index (χ1v) is 7.34. The molecule has 0 saturated carbocycles. The lowest BCUT2D eigenvalue weighted by molar-refractivity contribution is -0.384. The molecule has 0 heterocycles. The van der Waals surface area contributed by atoms with Gasteiger partial charge >= 0.3 is 0 Å². The van der Waals surface area contributed by atoms with Gasteiger partial charge in [-0.2, -0.15) is 0 Å². The Bertz CT molecular complexity index is 654. The van der Waals surface area contributed by atoms with Gasteiger partial charge in [0, 0.05) is 17.8 Å². The standard InChI is InChI=1S/C13H11ClN2O3S/c14-11-2-1-3-12(15)13(11)20(19)8-9-4-6-10(7-5-9)16(17)18/h1-7H,8,15H2. The van der Waals surface area contributed by atoms with Crippen molar-refractivity contribution in [3.63, 3.8) is 0 Å². The van der Waals surface area contributed by atoms with Crippen LogP contribution in [0, 0.1) is 10.1 Å². The number of rotatable bonds is 4. The van der Waals surface area contributed by atoms with Gasteiger partial charge < -0.3 is 5.73 Å². The highest BCUT2D eigenvalue weighted by Crippen LogP contribution is 2.27. The Balaban J connectivity index is 2.21. The molecule has 5 nitrogen and oxygen atoms in total. The number of anilines is 1. The summed E-state index contributed by atoms with van der Waals surface area (Å²) in [5, 5.41) is 10.9. The van der Waals surface area contributed by atoms with Gasteiger partial charge in [-0.3, -0.25) is 14.3 Å². The third-order valence-electron chi connectivity index (χ3n) is 2.67. The molecule has 20 heavy (non-hydrogen) atoms. The molecule has 0 spiro atoms. The highest BCUT2D eigenvalue weighted by molar-refractivity contribution is 7.84. The van der Waals surface area contributed by atoms with Gasteiger partial charge in [-0.1, -0.05) is 29.8 Å². The summed E-state index contributed by atoms with van der Waals surface area (Å²) < 4.78 is 12.3. The van der Waals surface area contributed by atoms with Gasteiger partial charge in [0.1, 0.15) is 0 Å². The molecule has 2 N–H and O–H groups in total. The lowest BCUT2D eigenvalue weighted by atomic mass is 10.2. The molecule has 1 unspecified atom stereocenters. The van der Waals surface area contributed by atoms with E-state index in [-0.39, 0.29) is 11.4 Å². The van der Waals surface area contributed by atoms with E-state index in [9.17, 15) is 14.3 Å². The summed E-state index contributed by atoms with van der Waals surface area (Å²) in [5.74, 6) is 0.200. The summed E-state index contributed by atoms with van der Waals surface area (Å²) in [4.78, 5) is 10.5. The molecule has 0 bridgehead atoms. The van der Waals surface area contributed by atoms with Crippen LogP contribution < -0.4 is 5.73 Å². The Labute approximate surface area is 123 Å². The van der Waals surface area contributed by atoms with Crippen LogP contribution in [0.25, 0.3) is 0 Å². The van der Waals surface area contributed by atoms with Crippen LogP contribution in [-0.2, 0) is 16.6 Å². The van der Waals surface area contributed by atoms with E-state index in [1.807, 2.05) is 0 Å². The molecule has 7 heteroatoms. The fourth-order valence-corrected chi connectivity index (χ4v) is 3.40. The Morgan fingerprint density at radius 1 is 1.20 bits per heavy atom. The summed E-state index contributed by atoms with van der Waals surface area (Å²) in [6.07, 6.45) is 0. The van der Waals surface area contributed by atoms with Crippen LogP contribution in [0.2, 0.25) is 5.02 Å². The Kier molecular flexibility index (Phi) is 4.36. The summed E-state index contributed by atoms with van der Waals surface area (Å²) >= 11 is 6.00. The van der Waals surface area contributed by atoms with E-state index in [1.165, 1.54) is 12.1 Å². The maximum absolute atomic E-state index is 12.3. The van der Waals surface area contributed by atoms with Crippen molar-refractivity contribution in [2.75, 3.05) is 5.73 Å². The van der Waals surface area contributed by atoms with Crippen LogP contribution in [-0.4, -0.2) is 9.13 Å². The molecular weight excluding hydrogens is 300 g/mol. The predicted molar refractivity (Wildman–Crippen MR) is 79.1 cm³/mol. The predicted octanol–water partition coefficient (Wildman–Crippen LogP) is 3.14. The number of non-ortho nitro benzene ring substituents is 1. The van der Waals surface area contributed by atoms with E-state index in [0.717, 1.165) is 0 Å². The van der Waals surface area contributed by atoms with Gasteiger partial charge in [0.05, 0.1) is 31.4 Å². The van der Waals surface area contributed by atoms with Crippen molar-refractivity contribution < 1.29 is 9.13 Å². The van der Waals surface area contributed by atoms with Crippen molar-refractivity contribution >= 4 is 33.8 Å². The van der Waals surface area contributed by atoms with Crippen molar-refractivity contribution in [3.8, 4) is 0 Å². The highest BCUT2D eigenvalue weighted by atomic mass is 35.5. The normalized spacial score (nSPS) is 12.1. The number of nitrogens with two attached hydrogens (primary N) is 1. The zero-order valence-corrected chi connectivity index (χ0v) is 11.9. The number of nitro benzene ring substituents is 1. The Morgan fingerprint density at radius 3 is 2.40 bits per heavy atom. The number of hydrogen-bond acceptors (Lipinski definition) is 4. The quantitative estimate of drug-likeness (QED) is 0.534.